The van der Waals surface area contributed by atoms with Crippen molar-refractivity contribution in [1.82, 2.24) is 10.2 Å². The van der Waals surface area contributed by atoms with Gasteiger partial charge in [-0.25, -0.2) is 4.79 Å². The molecule has 1 saturated heterocycles. The van der Waals surface area contributed by atoms with E-state index in [-0.39, 0.29) is 12.1 Å². The summed E-state index contributed by atoms with van der Waals surface area (Å²) in [5, 5.41) is 13.3. The molecular weight excluding hydrogens is 292 g/mol. The van der Waals surface area contributed by atoms with Crippen LogP contribution in [0.1, 0.15) is 43.4 Å². The lowest BCUT2D eigenvalue weighted by Crippen LogP contribution is -2.51. The van der Waals surface area contributed by atoms with Crippen molar-refractivity contribution in [3.05, 3.63) is 34.9 Å². The van der Waals surface area contributed by atoms with Crippen LogP contribution in [0.2, 0.25) is 0 Å². The lowest BCUT2D eigenvalue weighted by molar-refractivity contribution is 0.00978. The van der Waals surface area contributed by atoms with Gasteiger partial charge in [-0.2, -0.15) is 0 Å². The first-order valence-corrected chi connectivity index (χ1v) is 8.41. The van der Waals surface area contributed by atoms with Crippen LogP contribution in [0.3, 0.4) is 0 Å². The molecule has 0 bridgehead atoms. The number of nitrogens with zero attached hydrogens (tertiary/aromatic N) is 1. The summed E-state index contributed by atoms with van der Waals surface area (Å²) in [7, 11) is 0. The number of fused-ring (bicyclic) bond motifs is 1. The summed E-state index contributed by atoms with van der Waals surface area (Å²) in [6.07, 6.45) is 2.70. The van der Waals surface area contributed by atoms with Crippen LogP contribution >= 0.6 is 0 Å². The van der Waals surface area contributed by atoms with Crippen LogP contribution in [-0.2, 0) is 24.3 Å². The predicted octanol–water partition coefficient (Wildman–Crippen LogP) is 2.20. The quantitative estimate of drug-likeness (QED) is 0.898. The average molecular weight is 318 g/mol. The van der Waals surface area contributed by atoms with Crippen molar-refractivity contribution in [1.29, 1.82) is 0 Å². The first-order chi connectivity index (χ1) is 11.0. The number of amides is 2. The van der Waals surface area contributed by atoms with Crippen molar-refractivity contribution in [2.45, 2.75) is 57.9 Å². The molecule has 2 N–H and O–H groups in total. The standard InChI is InChI=1S/C18H26N2O3/c1-18(2,22)16-7-4-9-20(16)17(21)19-11-13-5-3-6-14-12-23-10-8-15(13)14/h3,5-6,16,22H,4,7-12H2,1-2H3,(H,19,21). The Bertz CT molecular complexity index is 580. The Balaban J connectivity index is 1.66. The third-order valence-corrected chi connectivity index (χ3v) is 4.88. The van der Waals surface area contributed by atoms with Gasteiger partial charge in [-0.15, -0.1) is 0 Å². The maximum atomic E-state index is 12.5. The van der Waals surface area contributed by atoms with Crippen molar-refractivity contribution < 1.29 is 14.6 Å². The number of likely N-dealkylation sites (tertiary alicyclic amines) is 1. The Hall–Kier alpha value is -1.59. The number of hydrogen-bond acceptors (Lipinski definition) is 3. The second-order valence-corrected chi connectivity index (χ2v) is 7.02. The van der Waals surface area contributed by atoms with Crippen LogP contribution in [0.15, 0.2) is 18.2 Å². The SMILES string of the molecule is CC(C)(O)C1CCCN1C(=O)NCc1cccc2c1CCOC2. The zero-order valence-corrected chi connectivity index (χ0v) is 14.0. The topological polar surface area (TPSA) is 61.8 Å². The van der Waals surface area contributed by atoms with Gasteiger partial charge in [0, 0.05) is 13.1 Å². The summed E-state index contributed by atoms with van der Waals surface area (Å²) in [6, 6.07) is 5.98. The zero-order valence-electron chi connectivity index (χ0n) is 14.0. The number of urea groups is 1. The highest BCUT2D eigenvalue weighted by Crippen LogP contribution is 2.27. The van der Waals surface area contributed by atoms with Gasteiger partial charge in [-0.3, -0.25) is 0 Å². The van der Waals surface area contributed by atoms with E-state index >= 15 is 0 Å². The Morgan fingerprint density at radius 2 is 2.30 bits per heavy atom. The molecule has 1 aromatic rings. The van der Waals surface area contributed by atoms with E-state index in [1.54, 1.807) is 18.7 Å². The molecule has 1 unspecified atom stereocenters. The first kappa shape index (κ1) is 16.3. The second-order valence-electron chi connectivity index (χ2n) is 7.02. The fraction of sp³-hybridized carbons (Fsp3) is 0.611. The molecule has 5 heteroatoms. The number of benzene rings is 1. The third-order valence-electron chi connectivity index (χ3n) is 4.88. The van der Waals surface area contributed by atoms with Crippen LogP contribution in [0.25, 0.3) is 0 Å². The number of nitrogens with one attached hydrogen (secondary N) is 1. The van der Waals surface area contributed by atoms with E-state index in [4.69, 9.17) is 4.74 Å². The van der Waals surface area contributed by atoms with Gasteiger partial charge in [0.1, 0.15) is 0 Å². The minimum absolute atomic E-state index is 0.0840. The van der Waals surface area contributed by atoms with Gasteiger partial charge in [-0.05, 0) is 49.8 Å². The van der Waals surface area contributed by atoms with E-state index in [0.29, 0.717) is 19.7 Å². The van der Waals surface area contributed by atoms with Gasteiger partial charge in [0.2, 0.25) is 0 Å². The minimum Gasteiger partial charge on any atom is -0.388 e. The largest absolute Gasteiger partial charge is 0.388 e. The Morgan fingerprint density at radius 1 is 1.48 bits per heavy atom. The summed E-state index contributed by atoms with van der Waals surface area (Å²) < 4.78 is 5.49. The molecule has 2 aliphatic rings. The molecule has 3 rings (SSSR count). The van der Waals surface area contributed by atoms with Gasteiger partial charge in [0.25, 0.3) is 0 Å². The van der Waals surface area contributed by atoms with Gasteiger partial charge in [0.15, 0.2) is 0 Å². The maximum Gasteiger partial charge on any atom is 0.318 e. The minimum atomic E-state index is -0.864. The average Bonchev–Trinajstić information content (AvgIpc) is 3.02. The van der Waals surface area contributed by atoms with Crippen LogP contribution in [0.5, 0.6) is 0 Å². The number of hydrogen-bond donors (Lipinski definition) is 2. The third kappa shape index (κ3) is 3.51. The fourth-order valence-electron chi connectivity index (χ4n) is 3.68. The smallest absolute Gasteiger partial charge is 0.318 e. The lowest BCUT2D eigenvalue weighted by Gasteiger charge is -2.33. The van der Waals surface area contributed by atoms with E-state index in [1.807, 2.05) is 6.07 Å². The molecule has 23 heavy (non-hydrogen) atoms. The van der Waals surface area contributed by atoms with Gasteiger partial charge in [-0.1, -0.05) is 18.2 Å². The molecule has 0 radical (unpaired) electrons. The monoisotopic (exact) mass is 318 g/mol. The van der Waals surface area contributed by atoms with Crippen molar-refractivity contribution in [3.63, 3.8) is 0 Å². The van der Waals surface area contributed by atoms with E-state index < -0.39 is 5.60 Å². The highest BCUT2D eigenvalue weighted by atomic mass is 16.5. The van der Waals surface area contributed by atoms with Crippen molar-refractivity contribution >= 4 is 6.03 Å². The molecule has 1 aromatic carbocycles. The zero-order chi connectivity index (χ0) is 16.4. The van der Waals surface area contributed by atoms with Crippen LogP contribution < -0.4 is 5.32 Å². The first-order valence-electron chi connectivity index (χ1n) is 8.41. The molecule has 1 atom stereocenters. The Kier molecular flexibility index (Phi) is 4.60. The maximum absolute atomic E-state index is 12.5. The molecule has 2 heterocycles. The molecular formula is C18H26N2O3. The summed E-state index contributed by atoms with van der Waals surface area (Å²) in [5.41, 5.74) is 2.83. The van der Waals surface area contributed by atoms with Crippen molar-refractivity contribution in [2.24, 2.45) is 0 Å². The predicted molar refractivity (Wildman–Crippen MR) is 88.1 cm³/mol. The van der Waals surface area contributed by atoms with Crippen molar-refractivity contribution in [3.8, 4) is 0 Å². The normalized spacial score (nSPS) is 21.2. The van der Waals surface area contributed by atoms with Gasteiger partial charge >= 0.3 is 6.03 Å². The molecule has 0 aliphatic carbocycles. The van der Waals surface area contributed by atoms with E-state index in [9.17, 15) is 9.90 Å². The van der Waals surface area contributed by atoms with Crippen LogP contribution in [0, 0.1) is 0 Å². The number of ether oxygens (including phenoxy) is 1. The van der Waals surface area contributed by atoms with Crippen LogP contribution in [0.4, 0.5) is 4.79 Å². The molecule has 0 aromatic heterocycles. The van der Waals surface area contributed by atoms with E-state index in [2.05, 4.69) is 17.4 Å². The molecule has 0 saturated carbocycles. The summed E-state index contributed by atoms with van der Waals surface area (Å²) >= 11 is 0. The molecule has 0 spiro atoms. The van der Waals surface area contributed by atoms with Crippen LogP contribution in [-0.4, -0.2) is 40.8 Å². The highest BCUT2D eigenvalue weighted by Gasteiger charge is 2.38. The fourth-order valence-corrected chi connectivity index (χ4v) is 3.68. The highest BCUT2D eigenvalue weighted by molar-refractivity contribution is 5.75. The Morgan fingerprint density at radius 3 is 3.09 bits per heavy atom. The molecule has 1 fully saturated rings. The Labute approximate surface area is 137 Å². The molecule has 126 valence electrons. The molecule has 5 nitrogen and oxygen atoms in total. The lowest BCUT2D eigenvalue weighted by atomic mass is 9.96. The molecule has 2 aliphatic heterocycles. The second kappa shape index (κ2) is 6.49. The van der Waals surface area contributed by atoms with E-state index in [0.717, 1.165) is 31.4 Å². The summed E-state index contributed by atoms with van der Waals surface area (Å²) in [5.74, 6) is 0. The number of carbonyl (C=O) groups excluding carboxylic acids is 1. The number of aliphatic hydroxyl groups is 1. The number of rotatable bonds is 3. The van der Waals surface area contributed by atoms with Gasteiger partial charge in [0.05, 0.1) is 24.9 Å². The van der Waals surface area contributed by atoms with Crippen molar-refractivity contribution in [2.75, 3.05) is 13.2 Å². The van der Waals surface area contributed by atoms with Gasteiger partial charge < -0.3 is 20.1 Å². The summed E-state index contributed by atoms with van der Waals surface area (Å²) in [4.78, 5) is 14.3. The molecule has 2 amide bonds. The summed E-state index contributed by atoms with van der Waals surface area (Å²) in [6.45, 7) is 6.18. The van der Waals surface area contributed by atoms with E-state index in [1.165, 1.54) is 11.1 Å². The number of carbonyl (C=O) groups is 1.